The number of aliphatic hydroxyl groups is 1. The number of piperidine rings is 1. The van der Waals surface area contributed by atoms with Crippen molar-refractivity contribution in [1.29, 1.82) is 5.26 Å². The fraction of sp³-hybridized carbons (Fsp3) is 0.619. The predicted octanol–water partition coefficient (Wildman–Crippen LogP) is 3.44. The number of hydrogen-bond donors (Lipinski definition) is 1. The summed E-state index contributed by atoms with van der Waals surface area (Å²) < 4.78 is 0.808. The molecule has 1 aromatic carbocycles. The smallest absolute Gasteiger partial charge is 0.230 e. The van der Waals surface area contributed by atoms with Gasteiger partial charge in [-0.15, -0.1) is 0 Å². The predicted molar refractivity (Wildman–Crippen MR) is 107 cm³/mol. The van der Waals surface area contributed by atoms with E-state index in [1.54, 1.807) is 0 Å². The molecule has 144 valence electrons. The summed E-state index contributed by atoms with van der Waals surface area (Å²) in [5, 5.41) is 18.9. The zero-order valence-corrected chi connectivity index (χ0v) is 17.1. The molecule has 4 rings (SSSR count). The Morgan fingerprint density at radius 1 is 1.19 bits per heavy atom. The van der Waals surface area contributed by atoms with Crippen molar-refractivity contribution in [1.82, 2.24) is 4.90 Å². The number of nitrogens with zero attached hydrogens (tertiary/aromatic N) is 3. The van der Waals surface area contributed by atoms with E-state index in [9.17, 15) is 9.90 Å². The number of halogens is 1. The largest absolute Gasteiger partial charge is 0.393 e. The van der Waals surface area contributed by atoms with E-state index in [4.69, 9.17) is 5.26 Å². The number of carbonyl (C=O) groups is 1. The minimum atomic E-state index is -0.269. The summed E-state index contributed by atoms with van der Waals surface area (Å²) in [6, 6.07) is 8.32. The molecule has 0 bridgehead atoms. The molecule has 0 radical (unpaired) electrons. The Labute approximate surface area is 169 Å². The molecule has 27 heavy (non-hydrogen) atoms. The standard InChI is InChI=1S/C21H26BrN3O2/c22-19-12-17(3-2-15(19)13-23)24-10-1-8-21(14-24)9-11-25(20(21)27)16-4-6-18(26)7-5-16/h2-3,12,16,18,26H,1,4-11,14H2. The number of amides is 1. The third-order valence-electron chi connectivity index (χ3n) is 6.67. The van der Waals surface area contributed by atoms with Crippen LogP contribution in [0.25, 0.3) is 0 Å². The van der Waals surface area contributed by atoms with Gasteiger partial charge in [-0.05, 0) is 79.1 Å². The van der Waals surface area contributed by atoms with E-state index < -0.39 is 0 Å². The van der Waals surface area contributed by atoms with Crippen LogP contribution in [-0.2, 0) is 4.79 Å². The van der Waals surface area contributed by atoms with Crippen molar-refractivity contribution in [3.05, 3.63) is 28.2 Å². The molecule has 0 aromatic heterocycles. The number of carbonyl (C=O) groups excluding carboxylic acids is 1. The zero-order chi connectivity index (χ0) is 19.0. The third kappa shape index (κ3) is 3.48. The van der Waals surface area contributed by atoms with Crippen molar-refractivity contribution < 1.29 is 9.90 Å². The van der Waals surface area contributed by atoms with Crippen LogP contribution in [0.15, 0.2) is 22.7 Å². The van der Waals surface area contributed by atoms with Crippen LogP contribution in [0, 0.1) is 16.7 Å². The monoisotopic (exact) mass is 431 g/mol. The molecule has 3 aliphatic rings. The van der Waals surface area contributed by atoms with Crippen molar-refractivity contribution in [2.24, 2.45) is 5.41 Å². The van der Waals surface area contributed by atoms with Gasteiger partial charge in [0.15, 0.2) is 0 Å². The fourth-order valence-electron chi connectivity index (χ4n) is 5.09. The van der Waals surface area contributed by atoms with Crippen LogP contribution in [0.1, 0.15) is 50.5 Å². The van der Waals surface area contributed by atoms with Gasteiger partial charge in [0.05, 0.1) is 17.1 Å². The van der Waals surface area contributed by atoms with Crippen LogP contribution < -0.4 is 4.90 Å². The summed E-state index contributed by atoms with van der Waals surface area (Å²) in [6.45, 7) is 2.56. The quantitative estimate of drug-likeness (QED) is 0.778. The Kier molecular flexibility index (Phi) is 5.17. The average molecular weight is 432 g/mol. The van der Waals surface area contributed by atoms with Crippen molar-refractivity contribution in [2.45, 2.75) is 57.1 Å². The van der Waals surface area contributed by atoms with Crippen LogP contribution >= 0.6 is 15.9 Å². The lowest BCUT2D eigenvalue weighted by molar-refractivity contribution is -0.139. The highest BCUT2D eigenvalue weighted by molar-refractivity contribution is 9.10. The van der Waals surface area contributed by atoms with Gasteiger partial charge in [0.1, 0.15) is 6.07 Å². The van der Waals surface area contributed by atoms with E-state index in [0.29, 0.717) is 17.5 Å². The molecular weight excluding hydrogens is 406 g/mol. The van der Waals surface area contributed by atoms with Gasteiger partial charge in [-0.1, -0.05) is 0 Å². The van der Waals surface area contributed by atoms with Crippen molar-refractivity contribution >= 4 is 27.5 Å². The molecule has 1 unspecified atom stereocenters. The minimum absolute atomic E-state index is 0.187. The lowest BCUT2D eigenvalue weighted by Crippen LogP contribution is -2.50. The van der Waals surface area contributed by atoms with E-state index in [0.717, 1.165) is 74.7 Å². The highest BCUT2D eigenvalue weighted by Crippen LogP contribution is 2.43. The van der Waals surface area contributed by atoms with E-state index in [1.807, 2.05) is 18.2 Å². The van der Waals surface area contributed by atoms with Crippen LogP contribution in [0.2, 0.25) is 0 Å². The van der Waals surface area contributed by atoms with Gasteiger partial charge in [-0.25, -0.2) is 0 Å². The van der Waals surface area contributed by atoms with Gasteiger partial charge in [-0.2, -0.15) is 5.26 Å². The summed E-state index contributed by atoms with van der Waals surface area (Å²) in [5.41, 5.74) is 1.44. The summed E-state index contributed by atoms with van der Waals surface area (Å²) in [6.07, 6.45) is 6.20. The second-order valence-corrected chi connectivity index (χ2v) is 9.15. The molecule has 1 atom stereocenters. The molecule has 6 heteroatoms. The Hall–Kier alpha value is -1.58. The average Bonchev–Trinajstić information content (AvgIpc) is 2.98. The summed E-state index contributed by atoms with van der Waals surface area (Å²) >= 11 is 3.48. The summed E-state index contributed by atoms with van der Waals surface area (Å²) in [7, 11) is 0. The van der Waals surface area contributed by atoms with Crippen LogP contribution in [0.3, 0.4) is 0 Å². The molecule has 1 amide bonds. The molecule has 1 N–H and O–H groups in total. The Balaban J connectivity index is 1.50. The maximum atomic E-state index is 13.4. The molecule has 1 aliphatic carbocycles. The van der Waals surface area contributed by atoms with Gasteiger partial charge in [0.25, 0.3) is 0 Å². The van der Waals surface area contributed by atoms with Crippen molar-refractivity contribution in [3.63, 3.8) is 0 Å². The highest BCUT2D eigenvalue weighted by Gasteiger charge is 2.50. The van der Waals surface area contributed by atoms with Gasteiger partial charge in [0, 0.05) is 35.8 Å². The molecule has 2 saturated heterocycles. The number of likely N-dealkylation sites (tertiary alicyclic amines) is 1. The van der Waals surface area contributed by atoms with Crippen LogP contribution in [-0.4, -0.2) is 47.7 Å². The lowest BCUT2D eigenvalue weighted by Gasteiger charge is -2.41. The second kappa shape index (κ2) is 7.44. The zero-order valence-electron chi connectivity index (χ0n) is 15.5. The molecule has 2 heterocycles. The van der Waals surface area contributed by atoms with E-state index in [1.165, 1.54) is 0 Å². The first kappa shape index (κ1) is 18.8. The molecule has 2 aliphatic heterocycles. The van der Waals surface area contributed by atoms with Gasteiger partial charge in [-0.3, -0.25) is 4.79 Å². The number of aliphatic hydroxyl groups excluding tert-OH is 1. The molecule has 5 nitrogen and oxygen atoms in total. The maximum Gasteiger partial charge on any atom is 0.230 e. The number of nitriles is 1. The van der Waals surface area contributed by atoms with Crippen LogP contribution in [0.5, 0.6) is 0 Å². The normalized spacial score (nSPS) is 31.4. The molecular formula is C21H26BrN3O2. The third-order valence-corrected chi connectivity index (χ3v) is 7.32. The molecule has 1 aromatic rings. The Morgan fingerprint density at radius 2 is 1.96 bits per heavy atom. The van der Waals surface area contributed by atoms with E-state index in [2.05, 4.69) is 31.8 Å². The fourth-order valence-corrected chi connectivity index (χ4v) is 5.54. The Bertz CT molecular complexity index is 769. The van der Waals surface area contributed by atoms with E-state index >= 15 is 0 Å². The molecule has 1 saturated carbocycles. The SMILES string of the molecule is N#Cc1ccc(N2CCCC3(CCN(C4CCC(O)CC4)C3=O)C2)cc1Br. The number of rotatable bonds is 2. The first-order valence-corrected chi connectivity index (χ1v) is 10.8. The maximum absolute atomic E-state index is 13.4. The highest BCUT2D eigenvalue weighted by atomic mass is 79.9. The number of anilines is 1. The topological polar surface area (TPSA) is 67.6 Å². The number of hydrogen-bond acceptors (Lipinski definition) is 4. The second-order valence-electron chi connectivity index (χ2n) is 8.29. The van der Waals surface area contributed by atoms with Crippen LogP contribution in [0.4, 0.5) is 5.69 Å². The summed E-state index contributed by atoms with van der Waals surface area (Å²) in [4.78, 5) is 17.8. The van der Waals surface area contributed by atoms with E-state index in [-0.39, 0.29) is 11.5 Å². The van der Waals surface area contributed by atoms with Crippen molar-refractivity contribution in [2.75, 3.05) is 24.5 Å². The first-order valence-electron chi connectivity index (χ1n) is 9.96. The first-order chi connectivity index (χ1) is 13.0. The van der Waals surface area contributed by atoms with Gasteiger partial charge < -0.3 is 14.9 Å². The Morgan fingerprint density at radius 3 is 2.67 bits per heavy atom. The molecule has 3 fully saturated rings. The minimum Gasteiger partial charge on any atom is -0.393 e. The number of benzene rings is 1. The van der Waals surface area contributed by atoms with Crippen molar-refractivity contribution in [3.8, 4) is 6.07 Å². The van der Waals surface area contributed by atoms with Gasteiger partial charge >= 0.3 is 0 Å². The van der Waals surface area contributed by atoms with Gasteiger partial charge in [0.2, 0.25) is 5.91 Å². The lowest BCUT2D eigenvalue weighted by atomic mass is 9.78. The summed E-state index contributed by atoms with van der Waals surface area (Å²) in [5.74, 6) is 0.321. The molecule has 1 spiro atoms.